The van der Waals surface area contributed by atoms with E-state index in [0.29, 0.717) is 16.9 Å². The predicted molar refractivity (Wildman–Crippen MR) is 83.1 cm³/mol. The fourth-order valence-electron chi connectivity index (χ4n) is 2.10. The normalized spacial score (nSPS) is 13.1. The van der Waals surface area contributed by atoms with Crippen molar-refractivity contribution in [3.8, 4) is 0 Å². The van der Waals surface area contributed by atoms with Crippen molar-refractivity contribution in [2.45, 2.75) is 39.5 Å². The second-order valence-electron chi connectivity index (χ2n) is 6.25. The van der Waals surface area contributed by atoms with Gasteiger partial charge in [0.25, 0.3) is 0 Å². The number of carbonyl (C=O) groups excluding carboxylic acids is 1. The number of halogens is 1. The zero-order valence-corrected chi connectivity index (χ0v) is 13.5. The molecule has 3 nitrogen and oxygen atoms in total. The first kappa shape index (κ1) is 17.0. The molecule has 1 aromatic carbocycles. The van der Waals surface area contributed by atoms with E-state index in [4.69, 9.17) is 16.5 Å². The molecule has 0 bridgehead atoms. The Morgan fingerprint density at radius 1 is 1.30 bits per heavy atom. The number of hydrogen-bond donors (Lipinski definition) is 1. The fraction of sp³-hybridized carbons (Fsp3) is 0.562. The maximum atomic E-state index is 11.4. The highest BCUT2D eigenvalue weighted by molar-refractivity contribution is 6.13. The Labute approximate surface area is 126 Å². The third-order valence-electron chi connectivity index (χ3n) is 3.37. The van der Waals surface area contributed by atoms with Gasteiger partial charge >= 0.3 is 5.97 Å². The third-order valence-corrected chi connectivity index (χ3v) is 3.52. The van der Waals surface area contributed by atoms with Crippen molar-refractivity contribution in [3.05, 3.63) is 35.4 Å². The van der Waals surface area contributed by atoms with Crippen LogP contribution in [0.4, 0.5) is 0 Å². The molecule has 20 heavy (non-hydrogen) atoms. The zero-order chi connectivity index (χ0) is 15.2. The summed E-state index contributed by atoms with van der Waals surface area (Å²) in [6.45, 7) is 7.42. The van der Waals surface area contributed by atoms with E-state index < -0.39 is 0 Å². The summed E-state index contributed by atoms with van der Waals surface area (Å²) in [5, 5.41) is 0. The average Bonchev–Trinajstić information content (AvgIpc) is 2.42. The lowest BCUT2D eigenvalue weighted by atomic mass is 9.84. The minimum atomic E-state index is -0.307. The Hall–Kier alpha value is -1.06. The quantitative estimate of drug-likeness (QED) is 0.634. The highest BCUT2D eigenvalue weighted by Crippen LogP contribution is 2.29. The van der Waals surface area contributed by atoms with Crippen LogP contribution >= 0.6 is 11.8 Å². The predicted octanol–water partition coefficient (Wildman–Crippen LogP) is 4.13. The molecule has 0 radical (unpaired) electrons. The van der Waals surface area contributed by atoms with Crippen LogP contribution in [0.5, 0.6) is 0 Å². The van der Waals surface area contributed by atoms with Gasteiger partial charge in [-0.2, -0.15) is 0 Å². The summed E-state index contributed by atoms with van der Waals surface area (Å²) in [7, 11) is 1.39. The van der Waals surface area contributed by atoms with Gasteiger partial charge in [0, 0.05) is 6.54 Å². The van der Waals surface area contributed by atoms with Gasteiger partial charge in [-0.15, -0.1) is 0 Å². The summed E-state index contributed by atoms with van der Waals surface area (Å²) < 4.78 is 4.70. The van der Waals surface area contributed by atoms with E-state index in [1.807, 2.05) is 12.1 Å². The van der Waals surface area contributed by atoms with Gasteiger partial charge in [0.15, 0.2) is 0 Å². The fourth-order valence-corrected chi connectivity index (χ4v) is 2.28. The van der Waals surface area contributed by atoms with Crippen LogP contribution in [0.2, 0.25) is 0 Å². The van der Waals surface area contributed by atoms with Crippen LogP contribution in [0.3, 0.4) is 0 Å². The molecule has 1 atom stereocenters. The topological polar surface area (TPSA) is 38.3 Å². The van der Waals surface area contributed by atoms with Crippen molar-refractivity contribution in [2.75, 3.05) is 13.7 Å². The highest BCUT2D eigenvalue weighted by atomic mass is 35.5. The number of hydrogen-bond acceptors (Lipinski definition) is 3. The lowest BCUT2D eigenvalue weighted by Crippen LogP contribution is -2.16. The van der Waals surface area contributed by atoms with Crippen molar-refractivity contribution in [1.82, 2.24) is 4.84 Å². The number of carbonyl (C=O) groups is 1. The minimum Gasteiger partial charge on any atom is -0.465 e. The summed E-state index contributed by atoms with van der Waals surface area (Å²) >= 11 is 5.68. The number of nitrogens with one attached hydrogen (secondary N) is 1. The molecule has 1 rings (SSSR count). The van der Waals surface area contributed by atoms with E-state index in [9.17, 15) is 4.79 Å². The van der Waals surface area contributed by atoms with Crippen molar-refractivity contribution in [2.24, 2.45) is 5.41 Å². The second-order valence-corrected chi connectivity index (χ2v) is 6.51. The summed E-state index contributed by atoms with van der Waals surface area (Å²) in [5.41, 5.74) is 2.07. The van der Waals surface area contributed by atoms with Crippen molar-refractivity contribution in [1.29, 1.82) is 0 Å². The molecule has 0 aliphatic heterocycles. The van der Waals surface area contributed by atoms with Crippen LogP contribution in [-0.4, -0.2) is 19.6 Å². The van der Waals surface area contributed by atoms with Gasteiger partial charge in [-0.1, -0.05) is 32.9 Å². The Bertz CT molecular complexity index is 423. The van der Waals surface area contributed by atoms with E-state index >= 15 is 0 Å². The van der Waals surface area contributed by atoms with E-state index in [0.717, 1.165) is 19.4 Å². The molecule has 0 spiro atoms. The Morgan fingerprint density at radius 2 is 1.90 bits per heavy atom. The standard InChI is InChI=1S/C16H24ClNO2/c1-16(2,3)10-9-14(11-18-17)12-5-7-13(8-6-12)15(19)20-4/h5-8,14,18H,9-11H2,1-4H3. The first-order valence-electron chi connectivity index (χ1n) is 6.89. The molecule has 112 valence electrons. The van der Waals surface area contributed by atoms with E-state index in [-0.39, 0.29) is 5.97 Å². The van der Waals surface area contributed by atoms with Crippen LogP contribution in [0.1, 0.15) is 55.5 Å². The van der Waals surface area contributed by atoms with Gasteiger partial charge in [0.05, 0.1) is 12.7 Å². The number of rotatable bonds is 6. The van der Waals surface area contributed by atoms with E-state index in [2.05, 4.69) is 25.6 Å². The molecule has 1 aromatic rings. The van der Waals surface area contributed by atoms with E-state index in [1.54, 1.807) is 12.1 Å². The zero-order valence-electron chi connectivity index (χ0n) is 12.7. The SMILES string of the molecule is COC(=O)c1ccc(C(CCC(C)(C)C)CNCl)cc1. The van der Waals surface area contributed by atoms with Gasteiger partial charge in [-0.25, -0.2) is 9.63 Å². The Morgan fingerprint density at radius 3 is 2.35 bits per heavy atom. The van der Waals surface area contributed by atoms with Crippen LogP contribution in [0.15, 0.2) is 24.3 Å². The van der Waals surface area contributed by atoms with Gasteiger partial charge in [-0.3, -0.25) is 0 Å². The molecule has 0 saturated heterocycles. The van der Waals surface area contributed by atoms with Crippen LogP contribution in [0, 0.1) is 5.41 Å². The first-order valence-corrected chi connectivity index (χ1v) is 7.27. The molecule has 0 heterocycles. The molecule has 0 amide bonds. The Kier molecular flexibility index (Phi) is 6.50. The Balaban J connectivity index is 2.78. The average molecular weight is 298 g/mol. The van der Waals surface area contributed by atoms with Gasteiger partial charge in [-0.05, 0) is 53.6 Å². The minimum absolute atomic E-state index is 0.302. The van der Waals surface area contributed by atoms with Gasteiger partial charge in [0.1, 0.15) is 0 Å². The van der Waals surface area contributed by atoms with Crippen molar-refractivity contribution < 1.29 is 9.53 Å². The second kappa shape index (κ2) is 7.65. The molecule has 1 N–H and O–H groups in total. The lowest BCUT2D eigenvalue weighted by Gasteiger charge is -2.23. The molecule has 0 aromatic heterocycles. The maximum Gasteiger partial charge on any atom is 0.337 e. The van der Waals surface area contributed by atoms with Crippen LogP contribution in [-0.2, 0) is 4.74 Å². The molecule has 0 aliphatic rings. The summed E-state index contributed by atoms with van der Waals surface area (Å²) in [6.07, 6.45) is 2.18. The number of esters is 1. The number of methoxy groups -OCH3 is 1. The van der Waals surface area contributed by atoms with Crippen molar-refractivity contribution in [3.63, 3.8) is 0 Å². The summed E-state index contributed by atoms with van der Waals surface area (Å²) in [6, 6.07) is 7.57. The molecule has 0 fully saturated rings. The van der Waals surface area contributed by atoms with Crippen LogP contribution < -0.4 is 4.84 Å². The molecule has 0 saturated carbocycles. The molecular formula is C16H24ClNO2. The smallest absolute Gasteiger partial charge is 0.337 e. The van der Waals surface area contributed by atoms with Gasteiger partial charge in [0.2, 0.25) is 0 Å². The highest BCUT2D eigenvalue weighted by Gasteiger charge is 2.17. The molecular weight excluding hydrogens is 274 g/mol. The van der Waals surface area contributed by atoms with Crippen LogP contribution in [0.25, 0.3) is 0 Å². The summed E-state index contributed by atoms with van der Waals surface area (Å²) in [5.74, 6) is 0.0386. The number of benzene rings is 1. The lowest BCUT2D eigenvalue weighted by molar-refractivity contribution is 0.0600. The van der Waals surface area contributed by atoms with Gasteiger partial charge < -0.3 is 4.74 Å². The first-order chi connectivity index (χ1) is 9.37. The van der Waals surface area contributed by atoms with Crippen molar-refractivity contribution >= 4 is 17.7 Å². The largest absolute Gasteiger partial charge is 0.465 e. The monoisotopic (exact) mass is 297 g/mol. The summed E-state index contributed by atoms with van der Waals surface area (Å²) in [4.78, 5) is 14.2. The molecule has 1 unspecified atom stereocenters. The molecule has 0 aliphatic carbocycles. The maximum absolute atomic E-state index is 11.4. The third kappa shape index (κ3) is 5.51. The van der Waals surface area contributed by atoms with E-state index in [1.165, 1.54) is 12.7 Å². The molecule has 4 heteroatoms. The number of ether oxygens (including phenoxy) is 1.